The minimum absolute atomic E-state index is 0.0544. The second-order valence-corrected chi connectivity index (χ2v) is 4.55. The maximum atomic E-state index is 12.2. The lowest BCUT2D eigenvalue weighted by molar-refractivity contribution is 0.0652. The molecule has 4 rings (SSSR count). The van der Waals surface area contributed by atoms with Crippen molar-refractivity contribution in [3.63, 3.8) is 0 Å². The van der Waals surface area contributed by atoms with Crippen molar-refractivity contribution in [3.8, 4) is 0 Å². The van der Waals surface area contributed by atoms with Crippen molar-refractivity contribution in [1.82, 2.24) is 9.80 Å². The zero-order valence-electron chi connectivity index (χ0n) is 9.26. The van der Waals surface area contributed by atoms with E-state index in [1.165, 1.54) is 0 Å². The van der Waals surface area contributed by atoms with Gasteiger partial charge in [-0.15, -0.1) is 0 Å². The number of furan rings is 1. The third kappa shape index (κ3) is 1.63. The van der Waals surface area contributed by atoms with Crippen LogP contribution >= 0.6 is 0 Å². The number of carbonyl (C=O) groups excluding carboxylic acids is 1. The molecule has 0 saturated carbocycles. The molecular weight excluding hydrogens is 204 g/mol. The molecule has 3 aliphatic rings. The molecule has 1 aromatic rings. The topological polar surface area (TPSA) is 36.7 Å². The van der Waals surface area contributed by atoms with Crippen LogP contribution < -0.4 is 0 Å². The molecule has 3 aliphatic heterocycles. The summed E-state index contributed by atoms with van der Waals surface area (Å²) in [5.41, 5.74) is 0. The molecule has 0 aromatic carbocycles. The van der Waals surface area contributed by atoms with E-state index in [0.717, 1.165) is 39.0 Å². The number of amides is 1. The molecule has 16 heavy (non-hydrogen) atoms. The highest BCUT2D eigenvalue weighted by Gasteiger charge is 2.32. The zero-order chi connectivity index (χ0) is 11.0. The monoisotopic (exact) mass is 220 g/mol. The Kier molecular flexibility index (Phi) is 2.44. The summed E-state index contributed by atoms with van der Waals surface area (Å²) < 4.78 is 5.19. The zero-order valence-corrected chi connectivity index (χ0v) is 9.26. The van der Waals surface area contributed by atoms with E-state index in [4.69, 9.17) is 4.42 Å². The molecule has 1 aromatic heterocycles. The highest BCUT2D eigenvalue weighted by Crippen LogP contribution is 2.22. The number of hydrogen-bond donors (Lipinski definition) is 0. The lowest BCUT2D eigenvalue weighted by atomic mass is 10.1. The SMILES string of the molecule is O=C(c1ccco1)N1CCN2CCC1CC2. The fourth-order valence-corrected chi connectivity index (χ4v) is 2.70. The van der Waals surface area contributed by atoms with Crippen LogP contribution in [0.4, 0.5) is 0 Å². The number of rotatable bonds is 1. The summed E-state index contributed by atoms with van der Waals surface area (Å²) in [7, 11) is 0. The second-order valence-electron chi connectivity index (χ2n) is 4.55. The summed E-state index contributed by atoms with van der Waals surface area (Å²) in [6, 6.07) is 3.93. The van der Waals surface area contributed by atoms with E-state index in [0.29, 0.717) is 11.8 Å². The summed E-state index contributed by atoms with van der Waals surface area (Å²) >= 11 is 0. The largest absolute Gasteiger partial charge is 0.459 e. The first kappa shape index (κ1) is 9.90. The molecule has 4 heterocycles. The molecule has 2 bridgehead atoms. The maximum Gasteiger partial charge on any atom is 0.289 e. The van der Waals surface area contributed by atoms with Crippen LogP contribution in [0.25, 0.3) is 0 Å². The molecule has 0 radical (unpaired) electrons. The van der Waals surface area contributed by atoms with Gasteiger partial charge >= 0.3 is 0 Å². The number of nitrogens with zero attached hydrogens (tertiary/aromatic N) is 2. The van der Waals surface area contributed by atoms with Gasteiger partial charge in [-0.2, -0.15) is 0 Å². The van der Waals surface area contributed by atoms with Gasteiger partial charge in [-0.05, 0) is 25.0 Å². The number of carbonyl (C=O) groups is 1. The average molecular weight is 220 g/mol. The molecule has 0 atom stereocenters. The summed E-state index contributed by atoms with van der Waals surface area (Å²) in [5, 5.41) is 0. The molecule has 0 unspecified atom stereocenters. The van der Waals surface area contributed by atoms with Crippen molar-refractivity contribution in [2.24, 2.45) is 0 Å². The third-order valence-electron chi connectivity index (χ3n) is 3.65. The lowest BCUT2D eigenvalue weighted by Gasteiger charge is -2.30. The Morgan fingerprint density at radius 3 is 2.75 bits per heavy atom. The molecule has 3 saturated heterocycles. The van der Waals surface area contributed by atoms with E-state index in [1.54, 1.807) is 18.4 Å². The van der Waals surface area contributed by atoms with E-state index in [-0.39, 0.29) is 5.91 Å². The minimum Gasteiger partial charge on any atom is -0.459 e. The van der Waals surface area contributed by atoms with Crippen molar-refractivity contribution in [1.29, 1.82) is 0 Å². The predicted octanol–water partition coefficient (Wildman–Crippen LogP) is 1.20. The van der Waals surface area contributed by atoms with Crippen LogP contribution in [0.5, 0.6) is 0 Å². The third-order valence-corrected chi connectivity index (χ3v) is 3.65. The standard InChI is InChI=1S/C12H16N2O2/c15-12(11-2-1-9-16-11)14-8-7-13-5-3-10(14)4-6-13/h1-2,9-10H,3-8H2. The number of fused-ring (bicyclic) bond motifs is 4. The van der Waals surface area contributed by atoms with Gasteiger partial charge in [-0.25, -0.2) is 0 Å². The van der Waals surface area contributed by atoms with Crippen LogP contribution in [0.3, 0.4) is 0 Å². The van der Waals surface area contributed by atoms with E-state index in [1.807, 2.05) is 4.90 Å². The molecule has 0 N–H and O–H groups in total. The van der Waals surface area contributed by atoms with Gasteiger partial charge in [0.1, 0.15) is 0 Å². The van der Waals surface area contributed by atoms with Crippen LogP contribution in [0.15, 0.2) is 22.8 Å². The van der Waals surface area contributed by atoms with Crippen molar-refractivity contribution in [2.45, 2.75) is 18.9 Å². The first-order valence-electron chi connectivity index (χ1n) is 5.91. The molecule has 1 amide bonds. The van der Waals surface area contributed by atoms with E-state index >= 15 is 0 Å². The normalized spacial score (nSPS) is 29.1. The van der Waals surface area contributed by atoms with Crippen LogP contribution in [-0.4, -0.2) is 47.9 Å². The van der Waals surface area contributed by atoms with Gasteiger partial charge in [0.15, 0.2) is 5.76 Å². The van der Waals surface area contributed by atoms with Crippen LogP contribution in [0, 0.1) is 0 Å². The smallest absolute Gasteiger partial charge is 0.289 e. The van der Waals surface area contributed by atoms with Gasteiger partial charge in [0, 0.05) is 32.2 Å². The lowest BCUT2D eigenvalue weighted by Crippen LogP contribution is -2.41. The fraction of sp³-hybridized carbons (Fsp3) is 0.583. The molecular formula is C12H16N2O2. The summed E-state index contributed by atoms with van der Waals surface area (Å²) in [4.78, 5) is 16.6. The van der Waals surface area contributed by atoms with Gasteiger partial charge in [0.2, 0.25) is 0 Å². The van der Waals surface area contributed by atoms with E-state index < -0.39 is 0 Å². The van der Waals surface area contributed by atoms with Gasteiger partial charge in [0.05, 0.1) is 6.26 Å². The van der Waals surface area contributed by atoms with Gasteiger partial charge in [-0.1, -0.05) is 0 Å². The summed E-state index contributed by atoms with van der Waals surface area (Å²) in [6.45, 7) is 4.10. The van der Waals surface area contributed by atoms with E-state index in [9.17, 15) is 4.79 Å². The highest BCUT2D eigenvalue weighted by atomic mass is 16.3. The molecule has 0 spiro atoms. The minimum atomic E-state index is 0.0544. The van der Waals surface area contributed by atoms with Gasteiger partial charge < -0.3 is 14.2 Å². The van der Waals surface area contributed by atoms with Crippen LogP contribution in [-0.2, 0) is 0 Å². The van der Waals surface area contributed by atoms with Crippen molar-refractivity contribution in [2.75, 3.05) is 26.2 Å². The number of hydrogen-bond acceptors (Lipinski definition) is 3. The fourth-order valence-electron chi connectivity index (χ4n) is 2.70. The van der Waals surface area contributed by atoms with Crippen molar-refractivity contribution in [3.05, 3.63) is 24.2 Å². The van der Waals surface area contributed by atoms with Gasteiger partial charge in [-0.3, -0.25) is 4.79 Å². The molecule has 86 valence electrons. The molecule has 0 aliphatic carbocycles. The Morgan fingerprint density at radius 1 is 1.25 bits per heavy atom. The van der Waals surface area contributed by atoms with Crippen LogP contribution in [0.1, 0.15) is 23.4 Å². The Labute approximate surface area is 94.8 Å². The molecule has 3 fully saturated rings. The molecule has 4 nitrogen and oxygen atoms in total. The average Bonchev–Trinajstić information content (AvgIpc) is 2.70. The summed E-state index contributed by atoms with van der Waals surface area (Å²) in [6.07, 6.45) is 3.77. The first-order chi connectivity index (χ1) is 7.84. The summed E-state index contributed by atoms with van der Waals surface area (Å²) in [5.74, 6) is 0.527. The Bertz CT molecular complexity index is 366. The first-order valence-corrected chi connectivity index (χ1v) is 5.91. The Balaban J connectivity index is 1.81. The Morgan fingerprint density at radius 2 is 2.06 bits per heavy atom. The van der Waals surface area contributed by atoms with Gasteiger partial charge in [0.25, 0.3) is 5.91 Å². The highest BCUT2D eigenvalue weighted by molar-refractivity contribution is 5.91. The van der Waals surface area contributed by atoms with Crippen molar-refractivity contribution >= 4 is 5.91 Å². The van der Waals surface area contributed by atoms with Crippen LogP contribution in [0.2, 0.25) is 0 Å². The predicted molar refractivity (Wildman–Crippen MR) is 59.2 cm³/mol. The maximum absolute atomic E-state index is 12.2. The van der Waals surface area contributed by atoms with Crippen molar-refractivity contribution < 1.29 is 9.21 Å². The quantitative estimate of drug-likeness (QED) is 0.713. The molecule has 4 heteroatoms. The second kappa shape index (κ2) is 3.94. The van der Waals surface area contributed by atoms with E-state index in [2.05, 4.69) is 4.90 Å². The Hall–Kier alpha value is -1.29. The number of piperidine rings is 1.